The molecule has 1 unspecified atom stereocenters. The average molecular weight is 780 g/mol. The highest BCUT2D eigenvalue weighted by molar-refractivity contribution is 9.10. The van der Waals surface area contributed by atoms with Crippen LogP contribution in [0.15, 0.2) is 34.0 Å². The fraction of sp³-hybridized carbons (Fsp3) is 0.308. The van der Waals surface area contributed by atoms with E-state index in [-0.39, 0.29) is 61.3 Å². The maximum absolute atomic E-state index is 13.7. The van der Waals surface area contributed by atoms with Crippen molar-refractivity contribution >= 4 is 45.6 Å². The summed E-state index contributed by atoms with van der Waals surface area (Å²) < 4.78 is 27.9. The Hall–Kier alpha value is -5.43. The number of hydrogen-bond acceptors (Lipinski definition) is 11. The molecule has 0 aliphatic heterocycles. The van der Waals surface area contributed by atoms with Crippen LogP contribution in [0.2, 0.25) is 0 Å². The summed E-state index contributed by atoms with van der Waals surface area (Å²) in [6, 6.07) is 1.51. The van der Waals surface area contributed by atoms with E-state index in [2.05, 4.69) is 15.9 Å². The van der Waals surface area contributed by atoms with Crippen molar-refractivity contribution in [3.8, 4) is 28.7 Å². The molecular formula is C39H39BrO12. The number of halogens is 1. The Kier molecular flexibility index (Phi) is 11.4. The van der Waals surface area contributed by atoms with E-state index in [9.17, 15) is 34.2 Å². The van der Waals surface area contributed by atoms with Crippen LogP contribution in [0.3, 0.4) is 0 Å². The first-order valence-electron chi connectivity index (χ1n) is 16.0. The van der Waals surface area contributed by atoms with Gasteiger partial charge in [-0.05, 0) is 135 Å². The van der Waals surface area contributed by atoms with Gasteiger partial charge in [-0.25, -0.2) is 14.4 Å². The number of phenols is 1. The number of aromatic hydroxyl groups is 1. The third-order valence-electron chi connectivity index (χ3n) is 9.45. The lowest BCUT2D eigenvalue weighted by Crippen LogP contribution is -2.28. The molecule has 0 aromatic heterocycles. The van der Waals surface area contributed by atoms with Gasteiger partial charge in [0, 0.05) is 11.6 Å². The van der Waals surface area contributed by atoms with E-state index in [1.807, 2.05) is 0 Å². The molecule has 2 N–H and O–H groups in total. The summed E-state index contributed by atoms with van der Waals surface area (Å²) in [7, 11) is 2.68. The number of phenolic OH excluding ortho intramolecular Hbond substituents is 1. The molecule has 0 saturated carbocycles. The average Bonchev–Trinajstić information content (AvgIpc) is 3.07. The number of aryl methyl sites for hydroxylation is 1. The van der Waals surface area contributed by atoms with Gasteiger partial charge in [0.2, 0.25) is 0 Å². The first kappa shape index (κ1) is 39.4. The Bertz CT molecular complexity index is 2130. The van der Waals surface area contributed by atoms with Crippen LogP contribution in [0.1, 0.15) is 82.5 Å². The number of rotatable bonds is 9. The predicted molar refractivity (Wildman–Crippen MR) is 193 cm³/mol. The molecule has 1 aliphatic rings. The topological polar surface area (TPSA) is 172 Å². The van der Waals surface area contributed by atoms with Crippen molar-refractivity contribution in [1.29, 1.82) is 0 Å². The summed E-state index contributed by atoms with van der Waals surface area (Å²) in [6.07, 6.45) is 2.51. The minimum absolute atomic E-state index is 0.0189. The van der Waals surface area contributed by atoms with Crippen LogP contribution >= 0.6 is 15.9 Å². The fourth-order valence-corrected chi connectivity index (χ4v) is 6.83. The van der Waals surface area contributed by atoms with Crippen LogP contribution < -0.4 is 18.9 Å². The molecule has 0 spiro atoms. The number of carbonyl (C=O) groups is 5. The quantitative estimate of drug-likeness (QED) is 0.164. The molecule has 0 heterocycles. The Morgan fingerprint density at radius 2 is 1.21 bits per heavy atom. The zero-order valence-corrected chi connectivity index (χ0v) is 32.3. The van der Waals surface area contributed by atoms with Gasteiger partial charge in [-0.3, -0.25) is 9.59 Å². The smallest absolute Gasteiger partial charge is 0.347 e. The minimum Gasteiger partial charge on any atom is -0.506 e. The Labute approximate surface area is 309 Å². The molecule has 0 radical (unpaired) electrons. The van der Waals surface area contributed by atoms with E-state index in [0.717, 1.165) is 0 Å². The number of carboxylic acids is 1. The van der Waals surface area contributed by atoms with Gasteiger partial charge in [-0.15, -0.1) is 0 Å². The second-order valence-electron chi connectivity index (χ2n) is 12.5. The maximum Gasteiger partial charge on any atom is 0.347 e. The number of aromatic carboxylic acids is 1. The highest BCUT2D eigenvalue weighted by Gasteiger charge is 2.34. The van der Waals surface area contributed by atoms with Crippen LogP contribution in [0.4, 0.5) is 0 Å². The lowest BCUT2D eigenvalue weighted by molar-refractivity contribution is -0.137. The largest absolute Gasteiger partial charge is 0.506 e. The normalized spacial score (nSPS) is 13.9. The van der Waals surface area contributed by atoms with Crippen LogP contribution in [0.25, 0.3) is 0 Å². The Balaban J connectivity index is 1.65. The van der Waals surface area contributed by atoms with E-state index in [0.29, 0.717) is 44.5 Å². The molecule has 0 saturated heterocycles. The van der Waals surface area contributed by atoms with E-state index < -0.39 is 35.5 Å². The number of ketones is 1. The predicted octanol–water partition coefficient (Wildman–Crippen LogP) is 7.35. The number of allylic oxidation sites excluding steroid dienone is 2. The number of carboxylic acid groups (broad SMARTS) is 1. The van der Waals surface area contributed by atoms with Crippen molar-refractivity contribution in [1.82, 2.24) is 0 Å². The number of esters is 3. The van der Waals surface area contributed by atoms with Crippen molar-refractivity contribution in [2.75, 3.05) is 14.2 Å². The van der Waals surface area contributed by atoms with Crippen molar-refractivity contribution in [3.05, 3.63) is 95.2 Å². The summed E-state index contributed by atoms with van der Waals surface area (Å²) in [5, 5.41) is 20.9. The number of hydrogen-bond donors (Lipinski definition) is 2. The van der Waals surface area contributed by atoms with Gasteiger partial charge in [0.05, 0.1) is 19.8 Å². The lowest BCUT2D eigenvalue weighted by atomic mass is 9.92. The molecule has 12 nitrogen and oxygen atoms in total. The van der Waals surface area contributed by atoms with Crippen LogP contribution in [-0.4, -0.2) is 54.1 Å². The van der Waals surface area contributed by atoms with Gasteiger partial charge < -0.3 is 33.9 Å². The van der Waals surface area contributed by atoms with Crippen LogP contribution in [0, 0.1) is 61.3 Å². The molecule has 1 aliphatic carbocycles. The van der Waals surface area contributed by atoms with Crippen molar-refractivity contribution in [3.63, 3.8) is 0 Å². The number of benzene rings is 3. The molecule has 1 atom stereocenters. The second kappa shape index (κ2) is 15.0. The van der Waals surface area contributed by atoms with Gasteiger partial charge in [-0.1, -0.05) is 0 Å². The van der Waals surface area contributed by atoms with Crippen molar-refractivity contribution in [2.24, 2.45) is 5.92 Å². The molecule has 13 heteroatoms. The number of ether oxygens (including phenoxy) is 5. The highest BCUT2D eigenvalue weighted by atomic mass is 79.9. The van der Waals surface area contributed by atoms with E-state index in [1.54, 1.807) is 62.3 Å². The monoisotopic (exact) mass is 778 g/mol. The van der Waals surface area contributed by atoms with E-state index in [4.69, 9.17) is 23.7 Å². The molecule has 274 valence electrons. The SMILES string of the molecule is COC1=CC(=O)C=C(C)C1C(=O)Oc1c(C)c(C)c(C(=O)Oc2cc(C)c(C(=O)Oc3c(C)c(C)c(C(=O)O)c(OC)c3C)c(C)c2C)c(O)c1Br. The fourth-order valence-electron chi connectivity index (χ4n) is 6.25. The van der Waals surface area contributed by atoms with E-state index in [1.165, 1.54) is 32.4 Å². The summed E-state index contributed by atoms with van der Waals surface area (Å²) in [5.41, 5.74) is 3.62. The van der Waals surface area contributed by atoms with Gasteiger partial charge >= 0.3 is 23.9 Å². The van der Waals surface area contributed by atoms with Gasteiger partial charge in [0.25, 0.3) is 0 Å². The summed E-state index contributed by atoms with van der Waals surface area (Å²) in [6.45, 7) is 14.6. The summed E-state index contributed by atoms with van der Waals surface area (Å²) in [4.78, 5) is 64.5. The molecule has 0 fully saturated rings. The zero-order valence-electron chi connectivity index (χ0n) is 30.7. The van der Waals surface area contributed by atoms with Gasteiger partial charge in [0.15, 0.2) is 11.5 Å². The lowest BCUT2D eigenvalue weighted by Gasteiger charge is -2.23. The Morgan fingerprint density at radius 3 is 1.79 bits per heavy atom. The molecule has 3 aromatic carbocycles. The molecule has 4 rings (SSSR count). The first-order valence-corrected chi connectivity index (χ1v) is 16.7. The van der Waals surface area contributed by atoms with Crippen molar-refractivity contribution < 1.29 is 57.9 Å². The van der Waals surface area contributed by atoms with Gasteiger partial charge in [0.1, 0.15) is 50.3 Å². The minimum atomic E-state index is -1.17. The molecule has 0 bridgehead atoms. The highest BCUT2D eigenvalue weighted by Crippen LogP contribution is 2.44. The van der Waals surface area contributed by atoms with E-state index >= 15 is 0 Å². The molecule has 3 aromatic rings. The standard InChI is InChI=1S/C39H39BrO12/c1-15-12-24(41)14-26(48-10)28(15)38(46)52-35-22(8)19(5)29(32(42)31(35)40)39(47)50-25-13-16(2)27(18(4)17(25)3)37(45)51-33-21(7)20(6)30(36(43)44)34(49-11)23(33)9/h12-14,28,42H,1-11H3,(H,43,44). The first-order chi connectivity index (χ1) is 24.3. The summed E-state index contributed by atoms with van der Waals surface area (Å²) in [5.74, 6) is -4.92. The summed E-state index contributed by atoms with van der Waals surface area (Å²) >= 11 is 3.27. The third kappa shape index (κ3) is 6.92. The molecule has 52 heavy (non-hydrogen) atoms. The Morgan fingerprint density at radius 1 is 0.654 bits per heavy atom. The van der Waals surface area contributed by atoms with Gasteiger partial charge in [-0.2, -0.15) is 0 Å². The van der Waals surface area contributed by atoms with Crippen LogP contribution in [-0.2, 0) is 14.3 Å². The maximum atomic E-state index is 13.7. The zero-order chi connectivity index (χ0) is 39.1. The molecule has 0 amide bonds. The van der Waals surface area contributed by atoms with Crippen LogP contribution in [0.5, 0.6) is 28.7 Å². The number of carbonyl (C=O) groups excluding carboxylic acids is 4. The third-order valence-corrected chi connectivity index (χ3v) is 10.2. The number of methoxy groups -OCH3 is 2. The molecular weight excluding hydrogens is 740 g/mol. The van der Waals surface area contributed by atoms with Crippen molar-refractivity contribution in [2.45, 2.75) is 62.3 Å². The second-order valence-corrected chi connectivity index (χ2v) is 13.3.